The number of alkyl halides is 1. The SMILES string of the molecule is COC(N)=C(C=NCCCCCNC(=O)OC(C)(C)C)Nc1nc(N2CC[C@H](F)C2)nc2c1ncn2C(C)(C)C. The molecule has 1 aliphatic heterocycles. The van der Waals surface area contributed by atoms with Gasteiger partial charge >= 0.3 is 6.09 Å². The van der Waals surface area contributed by atoms with E-state index in [1.807, 2.05) is 30.2 Å². The molecule has 2 aromatic heterocycles. The number of allylic oxidation sites excluding steroid dienone is 1. The summed E-state index contributed by atoms with van der Waals surface area (Å²) >= 11 is 0. The zero-order valence-corrected chi connectivity index (χ0v) is 24.8. The first-order chi connectivity index (χ1) is 18.8. The van der Waals surface area contributed by atoms with Crippen molar-refractivity contribution in [2.45, 2.75) is 84.5 Å². The van der Waals surface area contributed by atoms with Crippen LogP contribution < -0.4 is 21.3 Å². The number of nitrogens with zero attached hydrogens (tertiary/aromatic N) is 6. The van der Waals surface area contributed by atoms with Gasteiger partial charge in [-0.05, 0) is 67.2 Å². The van der Waals surface area contributed by atoms with Gasteiger partial charge in [0.15, 0.2) is 17.0 Å². The minimum absolute atomic E-state index is 0.138. The first-order valence-corrected chi connectivity index (χ1v) is 13.7. The number of halogens is 1. The second-order valence-corrected chi connectivity index (χ2v) is 11.8. The average Bonchev–Trinajstić information content (AvgIpc) is 3.49. The molecule has 1 saturated heterocycles. The Bertz CT molecular complexity index is 1210. The summed E-state index contributed by atoms with van der Waals surface area (Å²) < 4.78 is 26.5. The van der Waals surface area contributed by atoms with Gasteiger partial charge in [-0.15, -0.1) is 0 Å². The number of hydrogen-bond donors (Lipinski definition) is 3. The number of unbranched alkanes of at least 4 members (excludes halogenated alkanes) is 2. The Labute approximate surface area is 235 Å². The summed E-state index contributed by atoms with van der Waals surface area (Å²) in [4.78, 5) is 32.1. The van der Waals surface area contributed by atoms with Crippen LogP contribution in [0, 0.1) is 0 Å². The third-order valence-corrected chi connectivity index (χ3v) is 6.11. The fourth-order valence-electron chi connectivity index (χ4n) is 4.07. The Balaban J connectivity index is 1.69. The number of nitrogens with one attached hydrogen (secondary N) is 2. The highest BCUT2D eigenvalue weighted by Crippen LogP contribution is 2.29. The first-order valence-electron chi connectivity index (χ1n) is 13.7. The van der Waals surface area contributed by atoms with Crippen LogP contribution in [0.3, 0.4) is 0 Å². The first kappa shape index (κ1) is 30.9. The van der Waals surface area contributed by atoms with Gasteiger partial charge in [-0.2, -0.15) is 9.97 Å². The lowest BCUT2D eigenvalue weighted by molar-refractivity contribution is 0.0527. The van der Waals surface area contributed by atoms with Crippen molar-refractivity contribution in [3.8, 4) is 0 Å². The van der Waals surface area contributed by atoms with E-state index in [9.17, 15) is 9.18 Å². The topological polar surface area (TPSA) is 145 Å². The van der Waals surface area contributed by atoms with Crippen molar-refractivity contribution in [2.24, 2.45) is 10.7 Å². The Hall–Kier alpha value is -3.64. The number of ether oxygens (including phenoxy) is 2. The van der Waals surface area contributed by atoms with E-state index in [0.29, 0.717) is 54.7 Å². The predicted octanol–water partition coefficient (Wildman–Crippen LogP) is 4.08. The van der Waals surface area contributed by atoms with Gasteiger partial charge in [0.05, 0.1) is 26.2 Å². The molecule has 0 bridgehead atoms. The van der Waals surface area contributed by atoms with E-state index in [2.05, 4.69) is 41.4 Å². The van der Waals surface area contributed by atoms with Gasteiger partial charge in [-0.25, -0.2) is 14.2 Å². The van der Waals surface area contributed by atoms with Crippen LogP contribution in [0.2, 0.25) is 0 Å². The summed E-state index contributed by atoms with van der Waals surface area (Å²) in [6.45, 7) is 13.5. The number of nitrogens with two attached hydrogens (primary N) is 1. The number of hydrogen-bond acceptors (Lipinski definition) is 10. The molecule has 0 saturated carbocycles. The molecule has 1 amide bonds. The van der Waals surface area contributed by atoms with Crippen LogP contribution in [0.25, 0.3) is 11.2 Å². The van der Waals surface area contributed by atoms with Gasteiger partial charge in [0.2, 0.25) is 11.8 Å². The number of carbonyl (C=O) groups excluding carboxylic acids is 1. The van der Waals surface area contributed by atoms with E-state index in [1.54, 1.807) is 12.5 Å². The van der Waals surface area contributed by atoms with E-state index in [-0.39, 0.29) is 18.0 Å². The molecule has 0 radical (unpaired) electrons. The number of amides is 1. The quantitative estimate of drug-likeness (QED) is 0.210. The summed E-state index contributed by atoms with van der Waals surface area (Å²) in [6.07, 6.45) is 4.96. The maximum Gasteiger partial charge on any atom is 0.407 e. The van der Waals surface area contributed by atoms with Crippen LogP contribution >= 0.6 is 0 Å². The molecule has 3 rings (SSSR count). The molecule has 0 aromatic carbocycles. The fourth-order valence-corrected chi connectivity index (χ4v) is 4.07. The number of imidazole rings is 1. The monoisotopic (exact) mass is 561 g/mol. The van der Waals surface area contributed by atoms with Gasteiger partial charge in [-0.1, -0.05) is 0 Å². The number of rotatable bonds is 11. The van der Waals surface area contributed by atoms with Crippen molar-refractivity contribution in [1.29, 1.82) is 0 Å². The van der Waals surface area contributed by atoms with Gasteiger partial charge in [0.25, 0.3) is 0 Å². The van der Waals surface area contributed by atoms with Crippen LogP contribution in [0.15, 0.2) is 22.9 Å². The van der Waals surface area contributed by atoms with E-state index in [4.69, 9.17) is 25.2 Å². The van der Waals surface area contributed by atoms with Crippen LogP contribution in [0.5, 0.6) is 0 Å². The molecule has 4 N–H and O–H groups in total. The lowest BCUT2D eigenvalue weighted by atomic mass is 10.1. The van der Waals surface area contributed by atoms with Crippen molar-refractivity contribution >= 4 is 35.2 Å². The summed E-state index contributed by atoms with van der Waals surface area (Å²) in [5, 5.41) is 5.98. The Morgan fingerprint density at radius 1 is 1.23 bits per heavy atom. The number of fused-ring (bicyclic) bond motifs is 1. The number of aromatic nitrogens is 4. The Morgan fingerprint density at radius 2 is 1.98 bits per heavy atom. The molecule has 0 spiro atoms. The Kier molecular flexibility index (Phi) is 10.2. The van der Waals surface area contributed by atoms with E-state index in [1.165, 1.54) is 7.11 Å². The summed E-state index contributed by atoms with van der Waals surface area (Å²) in [5.41, 5.74) is 6.96. The van der Waals surface area contributed by atoms with Crippen LogP contribution in [-0.4, -0.2) is 76.9 Å². The fraction of sp³-hybridized carbons (Fsp3) is 0.667. The third kappa shape index (κ3) is 8.68. The van der Waals surface area contributed by atoms with E-state index >= 15 is 0 Å². The van der Waals surface area contributed by atoms with E-state index < -0.39 is 17.9 Å². The highest BCUT2D eigenvalue weighted by molar-refractivity contribution is 5.90. The third-order valence-electron chi connectivity index (χ3n) is 6.11. The highest BCUT2D eigenvalue weighted by Gasteiger charge is 2.27. The minimum Gasteiger partial charge on any atom is -0.481 e. The minimum atomic E-state index is -0.914. The molecular formula is C27H44FN9O3. The number of alkyl carbamates (subject to hydrolysis) is 1. The highest BCUT2D eigenvalue weighted by atomic mass is 19.1. The largest absolute Gasteiger partial charge is 0.481 e. The molecule has 0 unspecified atom stereocenters. The molecule has 40 heavy (non-hydrogen) atoms. The van der Waals surface area contributed by atoms with Crippen LogP contribution in [0.4, 0.5) is 21.0 Å². The van der Waals surface area contributed by atoms with Gasteiger partial charge in [0.1, 0.15) is 17.5 Å². The van der Waals surface area contributed by atoms with Crippen molar-refractivity contribution in [3.05, 3.63) is 17.9 Å². The molecular weight excluding hydrogens is 517 g/mol. The Morgan fingerprint density at radius 3 is 2.60 bits per heavy atom. The average molecular weight is 562 g/mol. The lowest BCUT2D eigenvalue weighted by Crippen LogP contribution is -2.32. The summed E-state index contributed by atoms with van der Waals surface area (Å²) in [6, 6.07) is 0. The zero-order valence-electron chi connectivity index (χ0n) is 24.8. The molecule has 13 heteroatoms. The van der Waals surface area contributed by atoms with Crippen molar-refractivity contribution < 1.29 is 18.7 Å². The van der Waals surface area contributed by atoms with Crippen molar-refractivity contribution in [2.75, 3.05) is 43.5 Å². The molecule has 1 fully saturated rings. The van der Waals surface area contributed by atoms with Gasteiger partial charge < -0.3 is 35.3 Å². The summed E-state index contributed by atoms with van der Waals surface area (Å²) in [7, 11) is 1.48. The standard InChI is InChI=1S/C27H44FN9O3/c1-26(2,3)37-17-32-20-22(34-24(35-23(20)37)36-14-11-18(28)16-36)33-19(21(29)39-7)15-30-12-9-8-10-13-31-25(38)40-27(4,5)6/h15,17-18H,8-14,16,29H2,1-7H3,(H,31,38)(H,33,34,35)/t18-/m0/s1. The molecule has 12 nitrogen and oxygen atoms in total. The second kappa shape index (κ2) is 13.1. The molecule has 2 aromatic rings. The number of anilines is 2. The zero-order chi connectivity index (χ0) is 29.5. The van der Waals surface area contributed by atoms with Gasteiger partial charge in [0, 0.05) is 25.2 Å². The molecule has 0 aliphatic carbocycles. The molecule has 3 heterocycles. The van der Waals surface area contributed by atoms with E-state index in [0.717, 1.165) is 19.3 Å². The molecule has 222 valence electrons. The van der Waals surface area contributed by atoms with Crippen molar-refractivity contribution in [3.63, 3.8) is 0 Å². The van der Waals surface area contributed by atoms with Crippen LogP contribution in [0.1, 0.15) is 67.2 Å². The molecule has 1 atom stereocenters. The summed E-state index contributed by atoms with van der Waals surface area (Å²) in [5.74, 6) is 0.993. The van der Waals surface area contributed by atoms with Crippen molar-refractivity contribution in [1.82, 2.24) is 24.8 Å². The number of carbonyl (C=O) groups is 1. The lowest BCUT2D eigenvalue weighted by Gasteiger charge is -2.22. The smallest absolute Gasteiger partial charge is 0.407 e. The predicted molar refractivity (Wildman–Crippen MR) is 155 cm³/mol. The second-order valence-electron chi connectivity index (χ2n) is 11.8. The maximum absolute atomic E-state index is 14.0. The molecule has 1 aliphatic rings. The van der Waals surface area contributed by atoms with Gasteiger partial charge in [-0.3, -0.25) is 4.99 Å². The van der Waals surface area contributed by atoms with Crippen LogP contribution in [-0.2, 0) is 15.0 Å². The number of aliphatic imine (C=N–C) groups is 1. The maximum atomic E-state index is 14.0. The normalized spacial score (nSPS) is 16.9. The number of methoxy groups -OCH3 is 1.